The summed E-state index contributed by atoms with van der Waals surface area (Å²) in [5, 5.41) is 11.0. The molecule has 0 fully saturated rings. The maximum Gasteiger partial charge on any atom is 0.270 e. The first kappa shape index (κ1) is 16.1. The summed E-state index contributed by atoms with van der Waals surface area (Å²) < 4.78 is 6.53. The van der Waals surface area contributed by atoms with Gasteiger partial charge < -0.3 is 4.74 Å². The van der Waals surface area contributed by atoms with Gasteiger partial charge in [-0.3, -0.25) is 10.1 Å². The minimum atomic E-state index is -0.490. The minimum absolute atomic E-state index is 0.0499. The molecule has 0 saturated heterocycles. The van der Waals surface area contributed by atoms with Crippen molar-refractivity contribution in [3.8, 4) is 5.75 Å². The summed E-state index contributed by atoms with van der Waals surface area (Å²) in [4.78, 5) is 10.2. The van der Waals surface area contributed by atoms with E-state index in [2.05, 4.69) is 15.9 Å². The number of nitro groups is 1. The normalized spacial score (nSPS) is 10.4. The third kappa shape index (κ3) is 3.87. The molecule has 0 aromatic heterocycles. The number of hydrogen-bond acceptors (Lipinski definition) is 3. The summed E-state index contributed by atoms with van der Waals surface area (Å²) in [6.07, 6.45) is 0. The van der Waals surface area contributed by atoms with Gasteiger partial charge >= 0.3 is 0 Å². The first-order valence-corrected chi connectivity index (χ1v) is 7.62. The lowest BCUT2D eigenvalue weighted by atomic mass is 10.2. The van der Waals surface area contributed by atoms with Crippen molar-refractivity contribution in [2.75, 3.05) is 0 Å². The zero-order valence-electron chi connectivity index (χ0n) is 10.7. The highest BCUT2D eigenvalue weighted by Crippen LogP contribution is 2.32. The smallest absolute Gasteiger partial charge is 0.270 e. The maximum atomic E-state index is 10.7. The Balaban J connectivity index is 2.19. The van der Waals surface area contributed by atoms with Crippen molar-refractivity contribution < 1.29 is 9.66 Å². The summed E-state index contributed by atoms with van der Waals surface area (Å²) in [6.45, 7) is 0.198. The van der Waals surface area contributed by atoms with Gasteiger partial charge in [0, 0.05) is 23.3 Å². The van der Waals surface area contributed by atoms with Crippen molar-refractivity contribution >= 4 is 44.8 Å². The Hall–Kier alpha value is -1.30. The molecular formula is C14H10BrCl2NO3. The second-order valence-corrected chi connectivity index (χ2v) is 5.71. The fourth-order valence-corrected chi connectivity index (χ4v) is 2.70. The Bertz CT molecular complexity index is 679. The van der Waals surface area contributed by atoms with Crippen molar-refractivity contribution in [2.45, 2.75) is 12.5 Å². The molecule has 0 aliphatic heterocycles. The molecular weight excluding hydrogens is 381 g/mol. The third-order valence-corrected chi connectivity index (χ3v) is 4.08. The van der Waals surface area contributed by atoms with E-state index in [1.54, 1.807) is 6.07 Å². The van der Waals surface area contributed by atoms with E-state index in [0.717, 1.165) is 10.0 Å². The zero-order valence-corrected chi connectivity index (χ0v) is 13.8. The molecule has 0 atom stereocenters. The van der Waals surface area contributed by atoms with E-state index in [4.69, 9.17) is 27.9 Å². The van der Waals surface area contributed by atoms with E-state index < -0.39 is 4.92 Å². The molecule has 0 radical (unpaired) electrons. The molecule has 0 aliphatic carbocycles. The van der Waals surface area contributed by atoms with Gasteiger partial charge in [-0.2, -0.15) is 0 Å². The number of para-hydroxylation sites is 1. The molecule has 0 bridgehead atoms. The van der Waals surface area contributed by atoms with Gasteiger partial charge in [0.1, 0.15) is 12.4 Å². The summed E-state index contributed by atoms with van der Waals surface area (Å²) in [5.74, 6) is 0.963. The zero-order chi connectivity index (χ0) is 15.4. The van der Waals surface area contributed by atoms with Crippen LogP contribution in [0.2, 0.25) is 5.02 Å². The average molecular weight is 391 g/mol. The van der Waals surface area contributed by atoms with Gasteiger partial charge in [-0.05, 0) is 28.1 Å². The second-order valence-electron chi connectivity index (χ2n) is 4.18. The van der Waals surface area contributed by atoms with E-state index in [-0.39, 0.29) is 12.3 Å². The lowest BCUT2D eigenvalue weighted by Gasteiger charge is -2.12. The van der Waals surface area contributed by atoms with Gasteiger partial charge in [0.25, 0.3) is 5.69 Å². The molecule has 0 saturated carbocycles. The number of nitrogens with zero attached hydrogens (tertiary/aromatic N) is 1. The Labute approximate surface area is 139 Å². The molecule has 2 rings (SSSR count). The Kier molecular flexibility index (Phi) is 5.45. The van der Waals surface area contributed by atoms with E-state index in [1.807, 2.05) is 18.2 Å². The van der Waals surface area contributed by atoms with Crippen LogP contribution in [0.5, 0.6) is 5.75 Å². The van der Waals surface area contributed by atoms with Crippen molar-refractivity contribution in [1.29, 1.82) is 0 Å². The van der Waals surface area contributed by atoms with Crippen LogP contribution in [0.15, 0.2) is 40.9 Å². The van der Waals surface area contributed by atoms with E-state index in [0.29, 0.717) is 22.2 Å². The van der Waals surface area contributed by atoms with Crippen molar-refractivity contribution in [3.63, 3.8) is 0 Å². The second kappa shape index (κ2) is 7.11. The van der Waals surface area contributed by atoms with E-state index in [1.165, 1.54) is 12.1 Å². The van der Waals surface area contributed by atoms with Crippen LogP contribution < -0.4 is 4.74 Å². The highest BCUT2D eigenvalue weighted by atomic mass is 79.9. The molecule has 0 unspecified atom stereocenters. The van der Waals surface area contributed by atoms with E-state index in [9.17, 15) is 10.1 Å². The molecule has 7 heteroatoms. The summed E-state index contributed by atoms with van der Waals surface area (Å²) >= 11 is 15.3. The van der Waals surface area contributed by atoms with Crippen LogP contribution in [-0.4, -0.2) is 4.92 Å². The number of alkyl halides is 1. The van der Waals surface area contributed by atoms with Crippen molar-refractivity contribution in [3.05, 3.63) is 67.1 Å². The van der Waals surface area contributed by atoms with Crippen LogP contribution in [0, 0.1) is 10.1 Å². The fraction of sp³-hybridized carbons (Fsp3) is 0.143. The topological polar surface area (TPSA) is 52.4 Å². The lowest BCUT2D eigenvalue weighted by Crippen LogP contribution is -2.00. The third-order valence-electron chi connectivity index (χ3n) is 2.81. The van der Waals surface area contributed by atoms with Gasteiger partial charge in [-0.25, -0.2) is 0 Å². The number of non-ortho nitro benzene ring substituents is 1. The number of rotatable bonds is 5. The van der Waals surface area contributed by atoms with Crippen LogP contribution in [0.3, 0.4) is 0 Å². The predicted molar refractivity (Wildman–Crippen MR) is 86.1 cm³/mol. The summed E-state index contributed by atoms with van der Waals surface area (Å²) in [6, 6.07) is 9.87. The highest BCUT2D eigenvalue weighted by molar-refractivity contribution is 9.10. The van der Waals surface area contributed by atoms with Crippen molar-refractivity contribution in [2.24, 2.45) is 0 Å². The quantitative estimate of drug-likeness (QED) is 0.394. The number of ether oxygens (including phenoxy) is 1. The average Bonchev–Trinajstić information content (AvgIpc) is 2.46. The first-order chi connectivity index (χ1) is 10.0. The molecule has 0 spiro atoms. The van der Waals surface area contributed by atoms with Gasteiger partial charge in [0.2, 0.25) is 0 Å². The standard InChI is InChI=1S/C14H10BrCl2NO3/c15-12-3-1-2-9(7-16)14(12)21-8-10-4-5-11(18(19)20)6-13(10)17/h1-6H,7-8H2. The molecule has 21 heavy (non-hydrogen) atoms. The van der Waals surface area contributed by atoms with Crippen LogP contribution in [0.4, 0.5) is 5.69 Å². The molecule has 110 valence electrons. The SMILES string of the molecule is O=[N+]([O-])c1ccc(COc2c(Br)cccc2CCl)c(Cl)c1. The number of halogens is 3. The largest absolute Gasteiger partial charge is 0.487 e. The molecule has 2 aromatic rings. The van der Waals surface area contributed by atoms with E-state index >= 15 is 0 Å². The van der Waals surface area contributed by atoms with Crippen molar-refractivity contribution in [1.82, 2.24) is 0 Å². The van der Waals surface area contributed by atoms with Crippen LogP contribution in [-0.2, 0) is 12.5 Å². The number of nitro benzene ring substituents is 1. The molecule has 0 N–H and O–H groups in total. The minimum Gasteiger partial charge on any atom is -0.487 e. The Morgan fingerprint density at radius 3 is 2.62 bits per heavy atom. The Morgan fingerprint density at radius 2 is 2.00 bits per heavy atom. The van der Waals surface area contributed by atoms with Gasteiger partial charge in [0.15, 0.2) is 0 Å². The van der Waals surface area contributed by atoms with Gasteiger partial charge in [0.05, 0.1) is 20.3 Å². The fourth-order valence-electron chi connectivity index (χ4n) is 1.74. The lowest BCUT2D eigenvalue weighted by molar-refractivity contribution is -0.384. The number of benzene rings is 2. The van der Waals surface area contributed by atoms with Crippen LogP contribution in [0.25, 0.3) is 0 Å². The molecule has 0 aliphatic rings. The molecule has 0 heterocycles. The number of hydrogen-bond donors (Lipinski definition) is 0. The summed E-state index contributed by atoms with van der Waals surface area (Å²) in [5.41, 5.74) is 1.47. The molecule has 4 nitrogen and oxygen atoms in total. The van der Waals surface area contributed by atoms with Gasteiger partial charge in [-0.1, -0.05) is 23.7 Å². The monoisotopic (exact) mass is 389 g/mol. The van der Waals surface area contributed by atoms with Gasteiger partial charge in [-0.15, -0.1) is 11.6 Å². The van der Waals surface area contributed by atoms with Crippen LogP contribution in [0.1, 0.15) is 11.1 Å². The Morgan fingerprint density at radius 1 is 1.24 bits per heavy atom. The highest BCUT2D eigenvalue weighted by Gasteiger charge is 2.12. The molecule has 2 aromatic carbocycles. The maximum absolute atomic E-state index is 10.7. The first-order valence-electron chi connectivity index (χ1n) is 5.92. The predicted octanol–water partition coefficient (Wildman–Crippen LogP) is 5.33. The summed E-state index contributed by atoms with van der Waals surface area (Å²) in [7, 11) is 0. The van der Waals surface area contributed by atoms with Crippen LogP contribution >= 0.6 is 39.1 Å². The molecule has 0 amide bonds.